The van der Waals surface area contributed by atoms with Crippen molar-refractivity contribution < 1.29 is 13.2 Å². The number of ether oxygens (including phenoxy) is 1. The molecule has 1 fully saturated rings. The van der Waals surface area contributed by atoms with Gasteiger partial charge in [0.15, 0.2) is 0 Å². The van der Waals surface area contributed by atoms with Crippen molar-refractivity contribution in [3.63, 3.8) is 0 Å². The number of aryl methyl sites for hydroxylation is 1. The topological polar surface area (TPSA) is 107 Å². The van der Waals surface area contributed by atoms with Gasteiger partial charge in [-0.2, -0.15) is 0 Å². The van der Waals surface area contributed by atoms with Gasteiger partial charge in [-0.05, 0) is 49.6 Å². The molecule has 0 unspecified atom stereocenters. The van der Waals surface area contributed by atoms with Crippen LogP contribution in [0.4, 0.5) is 0 Å². The maximum atomic E-state index is 13.4. The standard InChI is InChI=1S/C23H22N4O4S/c1-15-9-10-20-25-22-18(23(28)26(20)13-15)12-19(32(29,30)17-7-3-2-4-8-17)21(24)27(22)14-16-6-5-11-31-16/h2-4,7-10,12-13,16,24H,5-6,11,14H2,1H3/t16-/m0/s1. The smallest absolute Gasteiger partial charge is 0.267 e. The van der Waals surface area contributed by atoms with Gasteiger partial charge in [0.1, 0.15) is 21.7 Å². The molecule has 0 spiro atoms. The van der Waals surface area contributed by atoms with Crippen LogP contribution in [0, 0.1) is 12.3 Å². The average molecular weight is 451 g/mol. The van der Waals surface area contributed by atoms with Gasteiger partial charge in [-0.25, -0.2) is 13.4 Å². The Hall–Kier alpha value is -3.30. The Labute approximate surface area is 184 Å². The molecule has 1 aromatic carbocycles. The van der Waals surface area contributed by atoms with Gasteiger partial charge in [0, 0.05) is 12.8 Å². The first-order valence-electron chi connectivity index (χ1n) is 10.4. The van der Waals surface area contributed by atoms with Crippen molar-refractivity contribution in [3.8, 4) is 0 Å². The summed E-state index contributed by atoms with van der Waals surface area (Å²) in [5.74, 6) is 0. The monoisotopic (exact) mass is 450 g/mol. The molecule has 1 saturated heterocycles. The fraction of sp³-hybridized carbons (Fsp3) is 0.261. The molecule has 1 aliphatic heterocycles. The van der Waals surface area contributed by atoms with E-state index in [-0.39, 0.29) is 44.5 Å². The molecule has 32 heavy (non-hydrogen) atoms. The zero-order chi connectivity index (χ0) is 22.5. The second kappa shape index (κ2) is 7.68. The number of pyridine rings is 2. The number of aromatic nitrogens is 3. The van der Waals surface area contributed by atoms with Crippen LogP contribution in [-0.2, 0) is 21.1 Å². The molecule has 0 bridgehead atoms. The number of nitrogens with zero attached hydrogens (tertiary/aromatic N) is 3. The van der Waals surface area contributed by atoms with Gasteiger partial charge in [0.2, 0.25) is 9.84 Å². The largest absolute Gasteiger partial charge is 0.376 e. The summed E-state index contributed by atoms with van der Waals surface area (Å²) in [6.45, 7) is 2.74. The Bertz CT molecular complexity index is 1570. The van der Waals surface area contributed by atoms with Crippen LogP contribution in [0.5, 0.6) is 0 Å². The lowest BCUT2D eigenvalue weighted by atomic mass is 10.2. The molecule has 0 radical (unpaired) electrons. The van der Waals surface area contributed by atoms with Gasteiger partial charge in [-0.1, -0.05) is 24.3 Å². The number of hydrogen-bond acceptors (Lipinski definition) is 6. The second-order valence-electron chi connectivity index (χ2n) is 8.01. The van der Waals surface area contributed by atoms with Crippen LogP contribution < -0.4 is 11.0 Å². The maximum Gasteiger partial charge on any atom is 0.267 e. The van der Waals surface area contributed by atoms with Crippen LogP contribution in [0.3, 0.4) is 0 Å². The highest BCUT2D eigenvalue weighted by molar-refractivity contribution is 7.91. The first kappa shape index (κ1) is 20.6. The van der Waals surface area contributed by atoms with Gasteiger partial charge < -0.3 is 9.30 Å². The third-order valence-electron chi connectivity index (χ3n) is 5.77. The van der Waals surface area contributed by atoms with Crippen molar-refractivity contribution >= 4 is 26.5 Å². The summed E-state index contributed by atoms with van der Waals surface area (Å²) in [7, 11) is -4.02. The molecule has 1 aliphatic rings. The zero-order valence-electron chi connectivity index (χ0n) is 17.5. The predicted octanol–water partition coefficient (Wildman–Crippen LogP) is 2.45. The van der Waals surface area contributed by atoms with Gasteiger partial charge in [-0.15, -0.1) is 0 Å². The van der Waals surface area contributed by atoms with Crippen molar-refractivity contribution in [1.82, 2.24) is 14.0 Å². The van der Waals surface area contributed by atoms with Gasteiger partial charge >= 0.3 is 0 Å². The molecule has 1 atom stereocenters. The van der Waals surface area contributed by atoms with Crippen molar-refractivity contribution in [3.05, 3.63) is 76.1 Å². The molecular weight excluding hydrogens is 428 g/mol. The molecule has 0 aliphatic carbocycles. The Morgan fingerprint density at radius 2 is 1.97 bits per heavy atom. The van der Waals surface area contributed by atoms with E-state index in [4.69, 9.17) is 10.1 Å². The predicted molar refractivity (Wildman–Crippen MR) is 118 cm³/mol. The van der Waals surface area contributed by atoms with Gasteiger partial charge in [0.05, 0.1) is 22.9 Å². The summed E-state index contributed by atoms with van der Waals surface area (Å²) < 4.78 is 35.5. The van der Waals surface area contributed by atoms with Crippen LogP contribution in [0.25, 0.3) is 16.7 Å². The van der Waals surface area contributed by atoms with Crippen molar-refractivity contribution in [2.24, 2.45) is 0 Å². The summed E-state index contributed by atoms with van der Waals surface area (Å²) in [6.07, 6.45) is 3.21. The van der Waals surface area contributed by atoms with E-state index in [2.05, 4.69) is 4.98 Å². The van der Waals surface area contributed by atoms with E-state index >= 15 is 0 Å². The minimum absolute atomic E-state index is 0.0706. The Morgan fingerprint density at radius 3 is 2.69 bits per heavy atom. The summed E-state index contributed by atoms with van der Waals surface area (Å²) in [5, 5.41) is 8.94. The number of fused-ring (bicyclic) bond motifs is 2. The summed E-state index contributed by atoms with van der Waals surface area (Å²) in [5.41, 5.74) is 1.01. The molecular formula is C23H22N4O4S. The molecule has 4 aromatic rings. The van der Waals surface area contributed by atoms with Crippen LogP contribution in [0.15, 0.2) is 69.3 Å². The summed E-state index contributed by atoms with van der Waals surface area (Å²) in [6, 6.07) is 12.8. The third-order valence-corrected chi connectivity index (χ3v) is 7.56. The van der Waals surface area contributed by atoms with E-state index in [1.165, 1.54) is 27.2 Å². The molecule has 0 saturated carbocycles. The van der Waals surface area contributed by atoms with E-state index in [9.17, 15) is 13.2 Å². The number of sulfone groups is 1. The van der Waals surface area contributed by atoms with Crippen LogP contribution in [0.2, 0.25) is 0 Å². The lowest BCUT2D eigenvalue weighted by Gasteiger charge is -2.18. The fourth-order valence-corrected chi connectivity index (χ4v) is 5.53. The highest BCUT2D eigenvalue weighted by Crippen LogP contribution is 2.22. The summed E-state index contributed by atoms with van der Waals surface area (Å²) in [4.78, 5) is 17.9. The molecule has 4 heterocycles. The van der Waals surface area contributed by atoms with E-state index in [0.29, 0.717) is 12.3 Å². The van der Waals surface area contributed by atoms with Gasteiger partial charge in [0.25, 0.3) is 5.56 Å². The molecule has 3 aromatic heterocycles. The van der Waals surface area contributed by atoms with Crippen molar-refractivity contribution in [1.29, 1.82) is 5.41 Å². The number of nitrogens with one attached hydrogen (secondary N) is 1. The van der Waals surface area contributed by atoms with Crippen molar-refractivity contribution in [2.75, 3.05) is 6.61 Å². The van der Waals surface area contributed by atoms with E-state index in [1.54, 1.807) is 30.5 Å². The van der Waals surface area contributed by atoms with E-state index in [1.807, 2.05) is 13.0 Å². The van der Waals surface area contributed by atoms with Crippen LogP contribution >= 0.6 is 0 Å². The highest BCUT2D eigenvalue weighted by atomic mass is 32.2. The third kappa shape index (κ3) is 3.34. The highest BCUT2D eigenvalue weighted by Gasteiger charge is 2.26. The minimum atomic E-state index is -4.02. The van der Waals surface area contributed by atoms with Crippen LogP contribution in [-0.4, -0.2) is 35.1 Å². The Morgan fingerprint density at radius 1 is 1.19 bits per heavy atom. The number of hydrogen-bond donors (Lipinski definition) is 1. The Balaban J connectivity index is 1.86. The molecule has 5 rings (SSSR count). The normalized spacial score (nSPS) is 16.7. The molecule has 0 amide bonds. The lowest BCUT2D eigenvalue weighted by Crippen LogP contribution is -2.33. The maximum absolute atomic E-state index is 13.4. The van der Waals surface area contributed by atoms with Gasteiger partial charge in [-0.3, -0.25) is 14.6 Å². The first-order chi connectivity index (χ1) is 15.4. The zero-order valence-corrected chi connectivity index (χ0v) is 18.3. The fourth-order valence-electron chi connectivity index (χ4n) is 4.12. The molecule has 164 valence electrons. The molecule has 8 nitrogen and oxygen atoms in total. The van der Waals surface area contributed by atoms with Crippen LogP contribution in [0.1, 0.15) is 18.4 Å². The quantitative estimate of drug-likeness (QED) is 0.481. The number of rotatable bonds is 4. The summed E-state index contributed by atoms with van der Waals surface area (Å²) >= 11 is 0. The molecule has 1 N–H and O–H groups in total. The lowest BCUT2D eigenvalue weighted by molar-refractivity contribution is 0.0965. The SMILES string of the molecule is Cc1ccc2nc3c(cc(S(=O)(=O)c4ccccc4)c(=N)n3C[C@@H]3CCCO3)c(=O)n2c1. The molecule has 9 heteroatoms. The number of benzene rings is 1. The van der Waals surface area contributed by atoms with E-state index < -0.39 is 9.84 Å². The first-order valence-corrected chi connectivity index (χ1v) is 11.9. The van der Waals surface area contributed by atoms with E-state index in [0.717, 1.165) is 18.4 Å². The average Bonchev–Trinajstić information content (AvgIpc) is 3.30. The van der Waals surface area contributed by atoms with Crippen molar-refractivity contribution in [2.45, 2.75) is 42.2 Å². The Kier molecular flexibility index (Phi) is 4.94. The second-order valence-corrected chi connectivity index (χ2v) is 9.93. The minimum Gasteiger partial charge on any atom is -0.376 e.